The Kier molecular flexibility index (Phi) is 4.06. The molecule has 21 heavy (non-hydrogen) atoms. The third kappa shape index (κ3) is 4.05. The van der Waals surface area contributed by atoms with Crippen molar-refractivity contribution in [1.82, 2.24) is 0 Å². The van der Waals surface area contributed by atoms with Gasteiger partial charge in [0.1, 0.15) is 15.9 Å². The monoisotopic (exact) mass is 306 g/mol. The number of sulfone groups is 1. The number of nitrogens with zero attached hydrogens (tertiary/aromatic N) is 1. The molecule has 0 aliphatic heterocycles. The first-order valence-electron chi connectivity index (χ1n) is 6.71. The van der Waals surface area contributed by atoms with Crippen LogP contribution in [0.25, 0.3) is 0 Å². The molecule has 0 spiro atoms. The second-order valence-electron chi connectivity index (χ2n) is 5.85. The lowest BCUT2D eigenvalue weighted by Gasteiger charge is -2.17. The van der Waals surface area contributed by atoms with Gasteiger partial charge in [0.15, 0.2) is 5.78 Å². The SMILES string of the molecule is CC(=O)c1ccc(C#N)c(NCC2(CS(C)(=O)=O)CC2)c1. The fraction of sp³-hybridized carbons (Fsp3) is 0.467. The average Bonchev–Trinajstić information content (AvgIpc) is 3.13. The van der Waals surface area contributed by atoms with Crippen molar-refractivity contribution in [3.63, 3.8) is 0 Å². The quantitative estimate of drug-likeness (QED) is 0.812. The number of Topliss-reactive ketones (excluding diaryl/α,β-unsaturated/α-hetero) is 1. The van der Waals surface area contributed by atoms with E-state index in [-0.39, 0.29) is 17.0 Å². The molecular weight excluding hydrogens is 288 g/mol. The van der Waals surface area contributed by atoms with Crippen LogP contribution in [0, 0.1) is 16.7 Å². The number of hydrogen-bond acceptors (Lipinski definition) is 5. The summed E-state index contributed by atoms with van der Waals surface area (Å²) in [7, 11) is -3.02. The fourth-order valence-corrected chi connectivity index (χ4v) is 3.90. The molecule has 1 fully saturated rings. The molecule has 0 bridgehead atoms. The van der Waals surface area contributed by atoms with Crippen molar-refractivity contribution in [2.75, 3.05) is 23.9 Å². The van der Waals surface area contributed by atoms with Gasteiger partial charge in [0.05, 0.1) is 17.0 Å². The molecule has 0 unspecified atom stereocenters. The van der Waals surface area contributed by atoms with Gasteiger partial charge in [-0.15, -0.1) is 0 Å². The number of ketones is 1. The minimum Gasteiger partial charge on any atom is -0.383 e. The van der Waals surface area contributed by atoms with Gasteiger partial charge in [-0.1, -0.05) is 0 Å². The standard InChI is InChI=1S/C15H18N2O3S/c1-11(18)12-3-4-13(8-16)14(7-12)17-9-15(5-6-15)10-21(2,19)20/h3-4,7,17H,5-6,9-10H2,1-2H3. The molecule has 0 heterocycles. The summed E-state index contributed by atoms with van der Waals surface area (Å²) in [6.07, 6.45) is 2.97. The second-order valence-corrected chi connectivity index (χ2v) is 7.99. The van der Waals surface area contributed by atoms with E-state index in [2.05, 4.69) is 11.4 Å². The van der Waals surface area contributed by atoms with Gasteiger partial charge >= 0.3 is 0 Å². The van der Waals surface area contributed by atoms with E-state index in [1.165, 1.54) is 13.2 Å². The van der Waals surface area contributed by atoms with E-state index in [0.717, 1.165) is 12.8 Å². The Morgan fingerprint density at radius 1 is 1.43 bits per heavy atom. The predicted molar refractivity (Wildman–Crippen MR) is 81.0 cm³/mol. The molecule has 1 aliphatic rings. The van der Waals surface area contributed by atoms with Gasteiger partial charge in [0.25, 0.3) is 0 Å². The predicted octanol–water partition coefficient (Wildman–Crippen LogP) is 2.00. The molecule has 1 N–H and O–H groups in total. The molecule has 2 rings (SSSR count). The van der Waals surface area contributed by atoms with Gasteiger partial charge in [-0.05, 0) is 38.0 Å². The number of hydrogen-bond donors (Lipinski definition) is 1. The summed E-state index contributed by atoms with van der Waals surface area (Å²) in [5.41, 5.74) is 1.34. The zero-order chi connectivity index (χ0) is 15.7. The van der Waals surface area contributed by atoms with Crippen LogP contribution in [0.4, 0.5) is 5.69 Å². The molecule has 0 atom stereocenters. The summed E-state index contributed by atoms with van der Waals surface area (Å²) in [6.45, 7) is 1.97. The van der Waals surface area contributed by atoms with Gasteiger partial charge < -0.3 is 5.32 Å². The zero-order valence-corrected chi connectivity index (χ0v) is 13.0. The smallest absolute Gasteiger partial charge is 0.159 e. The van der Waals surface area contributed by atoms with Gasteiger partial charge in [0.2, 0.25) is 0 Å². The van der Waals surface area contributed by atoms with E-state index < -0.39 is 9.84 Å². The van der Waals surface area contributed by atoms with Crippen LogP contribution in [-0.2, 0) is 9.84 Å². The minimum absolute atomic E-state index is 0.0696. The van der Waals surface area contributed by atoms with Crippen molar-refractivity contribution >= 4 is 21.3 Å². The Hall–Kier alpha value is -1.87. The molecule has 0 radical (unpaired) electrons. The molecule has 0 amide bonds. The first-order chi connectivity index (χ1) is 9.75. The summed E-state index contributed by atoms with van der Waals surface area (Å²) in [4.78, 5) is 11.4. The van der Waals surface area contributed by atoms with E-state index >= 15 is 0 Å². The largest absolute Gasteiger partial charge is 0.383 e. The topological polar surface area (TPSA) is 87.0 Å². The van der Waals surface area contributed by atoms with E-state index in [1.807, 2.05) is 0 Å². The number of rotatable bonds is 6. The highest BCUT2D eigenvalue weighted by atomic mass is 32.2. The Morgan fingerprint density at radius 2 is 2.10 bits per heavy atom. The van der Waals surface area contributed by atoms with Crippen LogP contribution in [0.1, 0.15) is 35.7 Å². The summed E-state index contributed by atoms with van der Waals surface area (Å²) in [6, 6.07) is 6.95. The normalized spacial score (nSPS) is 16.0. The van der Waals surface area contributed by atoms with Crippen molar-refractivity contribution in [2.45, 2.75) is 19.8 Å². The summed E-state index contributed by atoms with van der Waals surface area (Å²) in [5.74, 6) is 0.0844. The first kappa shape index (κ1) is 15.5. The maximum atomic E-state index is 11.4. The minimum atomic E-state index is -3.02. The highest BCUT2D eigenvalue weighted by molar-refractivity contribution is 7.90. The maximum Gasteiger partial charge on any atom is 0.159 e. The second kappa shape index (κ2) is 5.49. The highest BCUT2D eigenvalue weighted by Gasteiger charge is 2.45. The summed E-state index contributed by atoms with van der Waals surface area (Å²) < 4.78 is 22.9. The number of nitriles is 1. The van der Waals surface area contributed by atoms with Crippen LogP contribution in [0.2, 0.25) is 0 Å². The highest BCUT2D eigenvalue weighted by Crippen LogP contribution is 2.46. The lowest BCUT2D eigenvalue weighted by Crippen LogP contribution is -2.24. The Labute approximate surface area is 124 Å². The van der Waals surface area contributed by atoms with Crippen molar-refractivity contribution in [3.8, 4) is 6.07 Å². The number of nitrogens with one attached hydrogen (secondary N) is 1. The molecule has 6 heteroatoms. The third-order valence-electron chi connectivity index (χ3n) is 3.73. The van der Waals surface area contributed by atoms with E-state index in [0.29, 0.717) is 23.4 Å². The van der Waals surface area contributed by atoms with Gasteiger partial charge in [-0.3, -0.25) is 4.79 Å². The molecule has 1 saturated carbocycles. The molecular formula is C15H18N2O3S. The maximum absolute atomic E-state index is 11.4. The van der Waals surface area contributed by atoms with Crippen molar-refractivity contribution < 1.29 is 13.2 Å². The fourth-order valence-electron chi connectivity index (χ4n) is 2.39. The number of carbonyl (C=O) groups is 1. The molecule has 0 aromatic heterocycles. The summed E-state index contributed by atoms with van der Waals surface area (Å²) in [5, 5.41) is 12.3. The van der Waals surface area contributed by atoms with E-state index in [9.17, 15) is 13.2 Å². The van der Waals surface area contributed by atoms with Crippen LogP contribution in [0.3, 0.4) is 0 Å². The number of carbonyl (C=O) groups excluding carboxylic acids is 1. The van der Waals surface area contributed by atoms with E-state index in [1.54, 1.807) is 18.2 Å². The zero-order valence-electron chi connectivity index (χ0n) is 12.1. The molecule has 5 nitrogen and oxygen atoms in total. The van der Waals surface area contributed by atoms with Crippen LogP contribution in [-0.4, -0.2) is 32.8 Å². The van der Waals surface area contributed by atoms with Crippen LogP contribution in [0.5, 0.6) is 0 Å². The lowest BCUT2D eigenvalue weighted by atomic mass is 10.1. The van der Waals surface area contributed by atoms with Crippen LogP contribution < -0.4 is 5.32 Å². The molecule has 0 saturated heterocycles. The average molecular weight is 306 g/mol. The van der Waals surface area contributed by atoms with Gasteiger partial charge in [0, 0.05) is 23.8 Å². The van der Waals surface area contributed by atoms with Crippen molar-refractivity contribution in [3.05, 3.63) is 29.3 Å². The molecule has 1 aromatic carbocycles. The number of benzene rings is 1. The molecule has 112 valence electrons. The van der Waals surface area contributed by atoms with Gasteiger partial charge in [-0.2, -0.15) is 5.26 Å². The van der Waals surface area contributed by atoms with Crippen molar-refractivity contribution in [1.29, 1.82) is 5.26 Å². The molecule has 1 aliphatic carbocycles. The van der Waals surface area contributed by atoms with Crippen molar-refractivity contribution in [2.24, 2.45) is 5.41 Å². The Morgan fingerprint density at radius 3 is 2.57 bits per heavy atom. The van der Waals surface area contributed by atoms with Crippen LogP contribution in [0.15, 0.2) is 18.2 Å². The molecule has 1 aromatic rings. The third-order valence-corrected chi connectivity index (χ3v) is 4.86. The van der Waals surface area contributed by atoms with Crippen LogP contribution >= 0.6 is 0 Å². The van der Waals surface area contributed by atoms with Gasteiger partial charge in [-0.25, -0.2) is 8.42 Å². The first-order valence-corrected chi connectivity index (χ1v) is 8.77. The van der Waals surface area contributed by atoms with E-state index in [4.69, 9.17) is 5.26 Å². The number of anilines is 1. The Bertz CT molecular complexity index is 713. The Balaban J connectivity index is 2.15. The summed E-state index contributed by atoms with van der Waals surface area (Å²) >= 11 is 0. The lowest BCUT2D eigenvalue weighted by molar-refractivity contribution is 0.101.